The van der Waals surface area contributed by atoms with E-state index in [-0.39, 0.29) is 5.97 Å². The van der Waals surface area contributed by atoms with Gasteiger partial charge < -0.3 is 4.74 Å². The van der Waals surface area contributed by atoms with Crippen molar-refractivity contribution in [2.75, 3.05) is 6.61 Å². The summed E-state index contributed by atoms with van der Waals surface area (Å²) in [5, 5.41) is 0. The summed E-state index contributed by atoms with van der Waals surface area (Å²) in [6, 6.07) is 0. The van der Waals surface area contributed by atoms with Crippen molar-refractivity contribution in [3.63, 3.8) is 0 Å². The molecule has 0 radical (unpaired) electrons. The van der Waals surface area contributed by atoms with Crippen molar-refractivity contribution < 1.29 is 9.53 Å². The fourth-order valence-corrected chi connectivity index (χ4v) is 1.20. The third kappa shape index (κ3) is 8.27. The van der Waals surface area contributed by atoms with Crippen molar-refractivity contribution in [2.24, 2.45) is 0 Å². The van der Waals surface area contributed by atoms with E-state index in [2.05, 4.69) is 19.1 Å². The second-order valence-corrected chi connectivity index (χ2v) is 3.86. The average Bonchev–Trinajstić information content (AvgIpc) is 2.31. The van der Waals surface area contributed by atoms with Crippen LogP contribution in [0.1, 0.15) is 52.9 Å². The number of rotatable bonds is 8. The van der Waals surface area contributed by atoms with Crippen molar-refractivity contribution in [1.29, 1.82) is 0 Å². The number of unbranched alkanes of at least 4 members (excludes halogenated alkanes) is 3. The van der Waals surface area contributed by atoms with Crippen molar-refractivity contribution in [1.82, 2.24) is 0 Å². The lowest BCUT2D eigenvalue weighted by Crippen LogP contribution is -2.06. The van der Waals surface area contributed by atoms with E-state index in [0.29, 0.717) is 12.2 Å². The normalized spacial score (nSPS) is 12.1. The molecule has 0 aromatic rings. The van der Waals surface area contributed by atoms with Crippen molar-refractivity contribution in [3.8, 4) is 0 Å². The van der Waals surface area contributed by atoms with Crippen LogP contribution in [-0.4, -0.2) is 12.6 Å². The van der Waals surface area contributed by atoms with Crippen LogP contribution in [0, 0.1) is 0 Å². The molecule has 0 saturated heterocycles. The van der Waals surface area contributed by atoms with E-state index in [0.717, 1.165) is 12.8 Å². The van der Waals surface area contributed by atoms with Gasteiger partial charge in [0.1, 0.15) is 0 Å². The zero-order valence-corrected chi connectivity index (χ0v) is 10.8. The molecule has 0 aliphatic rings. The fraction of sp³-hybridized carbons (Fsp3) is 0.643. The van der Waals surface area contributed by atoms with E-state index in [9.17, 15) is 4.79 Å². The lowest BCUT2D eigenvalue weighted by molar-refractivity contribution is -0.138. The minimum atomic E-state index is -0.207. The summed E-state index contributed by atoms with van der Waals surface area (Å²) in [7, 11) is 0. The summed E-state index contributed by atoms with van der Waals surface area (Å²) < 4.78 is 5.06. The smallest absolute Gasteiger partial charge is 0.333 e. The number of ether oxygens (including phenoxy) is 1. The SMILES string of the molecule is CC=C(C)C(=O)OCCC=CCCCCC. The molecule has 2 heteroatoms. The summed E-state index contributed by atoms with van der Waals surface area (Å²) >= 11 is 0. The number of allylic oxidation sites excluding steroid dienone is 2. The van der Waals surface area contributed by atoms with E-state index in [4.69, 9.17) is 4.74 Å². The highest BCUT2D eigenvalue weighted by atomic mass is 16.5. The quantitative estimate of drug-likeness (QED) is 0.269. The van der Waals surface area contributed by atoms with Gasteiger partial charge in [-0.15, -0.1) is 0 Å². The molecule has 0 heterocycles. The van der Waals surface area contributed by atoms with Gasteiger partial charge in [-0.05, 0) is 33.1 Å². The Morgan fingerprint density at radius 2 is 1.88 bits per heavy atom. The molecular formula is C14H24O2. The first kappa shape index (κ1) is 14.9. The summed E-state index contributed by atoms with van der Waals surface area (Å²) in [6.07, 6.45) is 11.8. The minimum Gasteiger partial charge on any atom is -0.462 e. The number of esters is 1. The Balaban J connectivity index is 3.42. The van der Waals surface area contributed by atoms with Crippen LogP contribution in [0.2, 0.25) is 0 Å². The zero-order chi connectivity index (χ0) is 12.2. The molecule has 0 amide bonds. The molecule has 0 N–H and O–H groups in total. The third-order valence-corrected chi connectivity index (χ3v) is 2.41. The molecule has 0 aromatic heterocycles. The van der Waals surface area contributed by atoms with Gasteiger partial charge in [0.15, 0.2) is 0 Å². The largest absolute Gasteiger partial charge is 0.462 e. The minimum absolute atomic E-state index is 0.207. The number of hydrogen-bond acceptors (Lipinski definition) is 2. The highest BCUT2D eigenvalue weighted by Gasteiger charge is 2.02. The molecule has 0 fully saturated rings. The molecule has 0 saturated carbocycles. The van der Waals surface area contributed by atoms with Gasteiger partial charge in [0.25, 0.3) is 0 Å². The lowest BCUT2D eigenvalue weighted by atomic mass is 10.2. The van der Waals surface area contributed by atoms with Crippen molar-refractivity contribution in [2.45, 2.75) is 52.9 Å². The maximum Gasteiger partial charge on any atom is 0.333 e. The van der Waals surface area contributed by atoms with Gasteiger partial charge in [0.2, 0.25) is 0 Å². The first-order valence-electron chi connectivity index (χ1n) is 6.17. The topological polar surface area (TPSA) is 26.3 Å². The fourth-order valence-electron chi connectivity index (χ4n) is 1.20. The number of hydrogen-bond donors (Lipinski definition) is 0. The molecule has 0 unspecified atom stereocenters. The third-order valence-electron chi connectivity index (χ3n) is 2.41. The zero-order valence-electron chi connectivity index (χ0n) is 10.8. The molecule has 0 spiro atoms. The standard InChI is InChI=1S/C14H24O2/c1-4-6-7-8-9-10-11-12-16-14(15)13(3)5-2/h5,9-10H,4,6-8,11-12H2,1-3H3. The van der Waals surface area contributed by atoms with Crippen LogP contribution in [0.15, 0.2) is 23.8 Å². The van der Waals surface area contributed by atoms with Gasteiger partial charge in [0.05, 0.1) is 6.61 Å². The van der Waals surface area contributed by atoms with Crippen LogP contribution in [0.3, 0.4) is 0 Å². The van der Waals surface area contributed by atoms with Crippen LogP contribution in [0.5, 0.6) is 0 Å². The highest BCUT2D eigenvalue weighted by Crippen LogP contribution is 2.01. The van der Waals surface area contributed by atoms with E-state index in [1.807, 2.05) is 6.92 Å². The van der Waals surface area contributed by atoms with Gasteiger partial charge in [-0.1, -0.05) is 38.0 Å². The van der Waals surface area contributed by atoms with Gasteiger partial charge in [0, 0.05) is 5.57 Å². The molecular weight excluding hydrogens is 200 g/mol. The van der Waals surface area contributed by atoms with E-state index < -0.39 is 0 Å². The molecule has 16 heavy (non-hydrogen) atoms. The first-order valence-corrected chi connectivity index (χ1v) is 6.17. The van der Waals surface area contributed by atoms with Crippen LogP contribution in [0.25, 0.3) is 0 Å². The van der Waals surface area contributed by atoms with Gasteiger partial charge >= 0.3 is 5.97 Å². The van der Waals surface area contributed by atoms with Gasteiger partial charge in [-0.2, -0.15) is 0 Å². The molecule has 0 aliphatic heterocycles. The monoisotopic (exact) mass is 224 g/mol. The Morgan fingerprint density at radius 3 is 2.50 bits per heavy atom. The van der Waals surface area contributed by atoms with E-state index in [1.165, 1.54) is 19.3 Å². The molecule has 0 rings (SSSR count). The Morgan fingerprint density at radius 1 is 1.19 bits per heavy atom. The predicted octanol–water partition coefficient (Wildman–Crippen LogP) is 4.02. The molecule has 2 nitrogen and oxygen atoms in total. The predicted molar refractivity (Wildman–Crippen MR) is 68.3 cm³/mol. The Hall–Kier alpha value is -1.05. The van der Waals surface area contributed by atoms with E-state index >= 15 is 0 Å². The van der Waals surface area contributed by atoms with Crippen molar-refractivity contribution in [3.05, 3.63) is 23.8 Å². The lowest BCUT2D eigenvalue weighted by Gasteiger charge is -2.01. The number of carbonyl (C=O) groups is 1. The Bertz CT molecular complexity index is 239. The second kappa shape index (κ2) is 10.5. The Labute approximate surface area is 99.4 Å². The molecule has 0 atom stereocenters. The maximum absolute atomic E-state index is 11.2. The molecule has 0 bridgehead atoms. The molecule has 92 valence electrons. The van der Waals surface area contributed by atoms with Crippen LogP contribution in [-0.2, 0) is 9.53 Å². The van der Waals surface area contributed by atoms with Crippen LogP contribution in [0.4, 0.5) is 0 Å². The van der Waals surface area contributed by atoms with Gasteiger partial charge in [-0.3, -0.25) is 0 Å². The average molecular weight is 224 g/mol. The first-order chi connectivity index (χ1) is 7.72. The van der Waals surface area contributed by atoms with Crippen LogP contribution < -0.4 is 0 Å². The summed E-state index contributed by atoms with van der Waals surface area (Å²) in [5.41, 5.74) is 0.673. The second-order valence-electron chi connectivity index (χ2n) is 3.86. The summed E-state index contributed by atoms with van der Waals surface area (Å²) in [6.45, 7) is 6.29. The maximum atomic E-state index is 11.2. The highest BCUT2D eigenvalue weighted by molar-refractivity contribution is 5.87. The van der Waals surface area contributed by atoms with E-state index in [1.54, 1.807) is 13.0 Å². The summed E-state index contributed by atoms with van der Waals surface area (Å²) in [5.74, 6) is -0.207. The number of carbonyl (C=O) groups excluding carboxylic acids is 1. The van der Waals surface area contributed by atoms with Gasteiger partial charge in [-0.25, -0.2) is 4.79 Å². The van der Waals surface area contributed by atoms with Crippen LogP contribution >= 0.6 is 0 Å². The molecule has 0 aromatic carbocycles. The molecule has 0 aliphatic carbocycles. The Kier molecular flexibility index (Phi) is 9.78. The van der Waals surface area contributed by atoms with Crippen molar-refractivity contribution >= 4 is 5.97 Å². The summed E-state index contributed by atoms with van der Waals surface area (Å²) in [4.78, 5) is 11.2.